The molecule has 43 heavy (non-hydrogen) atoms. The summed E-state index contributed by atoms with van der Waals surface area (Å²) in [6.45, 7) is 8.87. The summed E-state index contributed by atoms with van der Waals surface area (Å²) in [6, 6.07) is 37.5. The molecule has 0 aromatic heterocycles. The zero-order valence-electron chi connectivity index (χ0n) is 26.8. The Morgan fingerprint density at radius 3 is 1.40 bits per heavy atom. The average Bonchev–Trinajstić information content (AvgIpc) is 3.61. The summed E-state index contributed by atoms with van der Waals surface area (Å²) in [6.07, 6.45) is 6.35. The molecule has 0 bridgehead atoms. The fourth-order valence-corrected chi connectivity index (χ4v) is 7.44. The first kappa shape index (κ1) is 32.9. The molecule has 6 aromatic rings. The predicted molar refractivity (Wildman–Crippen MR) is 186 cm³/mol. The van der Waals surface area contributed by atoms with E-state index < -0.39 is 0 Å². The first-order valence-electron chi connectivity index (χ1n) is 15.0. The SMILES string of the molecule is Cc1ccc(C)c(-c2cccc3[cH-]c(C4(c5cc6c(-c7cc(C)ccc7C)cccc6[cH-]5)CCCCC4)cc23)c1.[CH3-].[CH3-].[Hf+4]. The van der Waals surface area contributed by atoms with Crippen molar-refractivity contribution in [3.05, 3.63) is 145 Å². The number of hydrogen-bond acceptors (Lipinski definition) is 0. The molecule has 0 nitrogen and oxygen atoms in total. The molecule has 0 atom stereocenters. The van der Waals surface area contributed by atoms with Crippen LogP contribution in [0.25, 0.3) is 43.8 Å². The molecule has 0 spiro atoms. The van der Waals surface area contributed by atoms with Crippen molar-refractivity contribution < 1.29 is 25.8 Å². The maximum atomic E-state index is 2.54. The molecule has 0 amide bonds. The minimum atomic E-state index is 0. The van der Waals surface area contributed by atoms with Gasteiger partial charge in [-0.1, -0.05) is 90.0 Å². The fourth-order valence-electron chi connectivity index (χ4n) is 7.44. The quantitative estimate of drug-likeness (QED) is 0.125. The topological polar surface area (TPSA) is 0 Å². The molecule has 0 radical (unpaired) electrons. The third-order valence-corrected chi connectivity index (χ3v) is 9.68. The van der Waals surface area contributed by atoms with E-state index >= 15 is 0 Å². The number of benzene rings is 4. The fraction of sp³-hybridized carbons (Fsp3) is 0.238. The van der Waals surface area contributed by atoms with Gasteiger partial charge >= 0.3 is 25.8 Å². The summed E-state index contributed by atoms with van der Waals surface area (Å²) in [7, 11) is 0. The van der Waals surface area contributed by atoms with E-state index in [1.165, 1.54) is 109 Å². The van der Waals surface area contributed by atoms with Crippen molar-refractivity contribution in [1.29, 1.82) is 0 Å². The van der Waals surface area contributed by atoms with Gasteiger partial charge in [-0.05, 0) is 68.2 Å². The second kappa shape index (κ2) is 12.9. The van der Waals surface area contributed by atoms with Gasteiger partial charge < -0.3 is 14.9 Å². The largest absolute Gasteiger partial charge is 4.00 e. The van der Waals surface area contributed by atoms with Crippen molar-refractivity contribution in [3.8, 4) is 22.3 Å². The third kappa shape index (κ3) is 5.66. The van der Waals surface area contributed by atoms with Crippen LogP contribution in [0, 0.1) is 42.5 Å². The van der Waals surface area contributed by atoms with Crippen LogP contribution < -0.4 is 0 Å². The minimum absolute atomic E-state index is 0. The van der Waals surface area contributed by atoms with Gasteiger partial charge in [0.25, 0.3) is 0 Å². The number of rotatable bonds is 4. The normalized spacial score (nSPS) is 14.1. The van der Waals surface area contributed by atoms with E-state index in [1.807, 2.05) is 0 Å². The van der Waals surface area contributed by atoms with Gasteiger partial charge in [0.1, 0.15) is 0 Å². The molecule has 0 saturated heterocycles. The number of aryl methyl sites for hydroxylation is 4. The zero-order valence-corrected chi connectivity index (χ0v) is 30.4. The van der Waals surface area contributed by atoms with Crippen LogP contribution in [0.1, 0.15) is 65.5 Å². The van der Waals surface area contributed by atoms with Crippen molar-refractivity contribution in [1.82, 2.24) is 0 Å². The summed E-state index contributed by atoms with van der Waals surface area (Å²) in [5.41, 5.74) is 13.8. The molecular formula is C42H44Hf. The first-order chi connectivity index (χ1) is 19.4. The molecule has 6 aromatic carbocycles. The van der Waals surface area contributed by atoms with Gasteiger partial charge in [-0.25, -0.2) is 0 Å². The van der Waals surface area contributed by atoms with Crippen molar-refractivity contribution >= 4 is 21.5 Å². The summed E-state index contributed by atoms with van der Waals surface area (Å²) in [5.74, 6) is 0. The van der Waals surface area contributed by atoms with Gasteiger partial charge in [-0.15, -0.1) is 69.1 Å². The van der Waals surface area contributed by atoms with E-state index in [1.54, 1.807) is 0 Å². The van der Waals surface area contributed by atoms with E-state index in [0.717, 1.165) is 0 Å². The Labute approximate surface area is 278 Å². The van der Waals surface area contributed by atoms with Crippen molar-refractivity contribution in [2.24, 2.45) is 0 Å². The first-order valence-corrected chi connectivity index (χ1v) is 15.0. The van der Waals surface area contributed by atoms with Crippen LogP contribution in [0.4, 0.5) is 0 Å². The van der Waals surface area contributed by atoms with Gasteiger partial charge in [0.2, 0.25) is 0 Å². The maximum absolute atomic E-state index is 2.54. The molecule has 0 aliphatic heterocycles. The second-order valence-electron chi connectivity index (χ2n) is 12.4. The molecule has 1 aliphatic rings. The number of fused-ring (bicyclic) bond motifs is 2. The molecule has 1 heteroatoms. The van der Waals surface area contributed by atoms with E-state index in [4.69, 9.17) is 0 Å². The number of hydrogen-bond donors (Lipinski definition) is 0. The molecule has 0 heterocycles. The smallest absolute Gasteiger partial charge is 0.358 e. The molecule has 1 saturated carbocycles. The van der Waals surface area contributed by atoms with E-state index in [9.17, 15) is 0 Å². The standard InChI is InChI=1S/C40H38.2CH3.Hf/c1-26-14-16-28(3)36(20-26)34-12-8-10-30-22-32(24-38(30)34)40(18-6-5-7-19-40)33-23-31-11-9-13-35(39(31)25-33)37-21-27(2)15-17-29(37)4;;;/h8-17,20-25H,5-7,18-19H2,1-4H3;2*1H3;/q-2;2*-1;+4. The monoisotopic (exact) mass is 728 g/mol. The summed E-state index contributed by atoms with van der Waals surface area (Å²) in [5, 5.41) is 5.52. The van der Waals surface area contributed by atoms with E-state index in [2.05, 4.69) is 125 Å². The van der Waals surface area contributed by atoms with Crippen LogP contribution in [0.15, 0.2) is 97.1 Å². The van der Waals surface area contributed by atoms with Crippen LogP contribution in [-0.2, 0) is 31.3 Å². The van der Waals surface area contributed by atoms with E-state index in [-0.39, 0.29) is 46.1 Å². The molecule has 216 valence electrons. The van der Waals surface area contributed by atoms with Crippen LogP contribution in [0.3, 0.4) is 0 Å². The van der Waals surface area contributed by atoms with Gasteiger partial charge in [0.15, 0.2) is 0 Å². The molecule has 1 fully saturated rings. The summed E-state index contributed by atoms with van der Waals surface area (Å²) < 4.78 is 0. The molecular weight excluding hydrogens is 683 g/mol. The van der Waals surface area contributed by atoms with Crippen LogP contribution in [-0.4, -0.2) is 0 Å². The molecule has 7 rings (SSSR count). The maximum Gasteiger partial charge on any atom is 4.00 e. The van der Waals surface area contributed by atoms with E-state index in [0.29, 0.717) is 0 Å². The summed E-state index contributed by atoms with van der Waals surface area (Å²) >= 11 is 0. The van der Waals surface area contributed by atoms with Crippen molar-refractivity contribution in [3.63, 3.8) is 0 Å². The third-order valence-electron chi connectivity index (χ3n) is 9.68. The Balaban J connectivity index is 0.00000141. The van der Waals surface area contributed by atoms with Crippen LogP contribution >= 0.6 is 0 Å². The van der Waals surface area contributed by atoms with Crippen LogP contribution in [0.2, 0.25) is 0 Å². The molecule has 0 unspecified atom stereocenters. The van der Waals surface area contributed by atoms with Crippen molar-refractivity contribution in [2.45, 2.75) is 65.2 Å². The van der Waals surface area contributed by atoms with Gasteiger partial charge in [0.05, 0.1) is 0 Å². The Morgan fingerprint density at radius 2 is 0.953 bits per heavy atom. The minimum Gasteiger partial charge on any atom is -0.358 e. The Kier molecular flexibility index (Phi) is 9.87. The van der Waals surface area contributed by atoms with Gasteiger partial charge in [-0.3, -0.25) is 0 Å². The average molecular weight is 727 g/mol. The second-order valence-corrected chi connectivity index (χ2v) is 12.4. The van der Waals surface area contributed by atoms with Gasteiger partial charge in [-0.2, -0.15) is 12.1 Å². The summed E-state index contributed by atoms with van der Waals surface area (Å²) in [4.78, 5) is 0. The Hall–Kier alpha value is -3.03. The molecule has 0 N–H and O–H groups in total. The van der Waals surface area contributed by atoms with Gasteiger partial charge in [0, 0.05) is 0 Å². The zero-order chi connectivity index (χ0) is 27.4. The van der Waals surface area contributed by atoms with Crippen LogP contribution in [0.5, 0.6) is 0 Å². The predicted octanol–water partition coefficient (Wildman–Crippen LogP) is 12.1. The Morgan fingerprint density at radius 1 is 0.512 bits per heavy atom. The van der Waals surface area contributed by atoms with Crippen molar-refractivity contribution in [2.75, 3.05) is 0 Å². The Bertz CT molecular complexity index is 1740. The molecule has 1 aliphatic carbocycles.